The molecule has 0 aromatic heterocycles. The van der Waals surface area contributed by atoms with Gasteiger partial charge in [-0.3, -0.25) is 0 Å². The second kappa shape index (κ2) is 11.0. The first kappa shape index (κ1) is 16.9. The highest BCUT2D eigenvalue weighted by Crippen LogP contribution is 2.21. The Morgan fingerprint density at radius 1 is 0.824 bits per heavy atom. The molecular weight excluding hydrogens is 224 g/mol. The van der Waals surface area contributed by atoms with Crippen molar-refractivity contribution in [3.05, 3.63) is 0 Å². The second-order valence-corrected chi connectivity index (χ2v) is 11.4. The summed E-state index contributed by atoms with van der Waals surface area (Å²) in [5.74, 6) is 0. The van der Waals surface area contributed by atoms with E-state index in [2.05, 4.69) is 20.0 Å². The molecule has 17 heavy (non-hydrogen) atoms. The molecule has 0 saturated heterocycles. The molecule has 0 aliphatic rings. The van der Waals surface area contributed by atoms with Crippen molar-refractivity contribution in [1.29, 1.82) is 0 Å². The Morgan fingerprint density at radius 2 is 1.35 bits per heavy atom. The molecule has 0 aromatic carbocycles. The van der Waals surface area contributed by atoms with Gasteiger partial charge in [-0.2, -0.15) is 0 Å². The summed E-state index contributed by atoms with van der Waals surface area (Å²) < 4.78 is 0. The third-order valence-corrected chi connectivity index (χ3v) is 7.00. The van der Waals surface area contributed by atoms with Crippen molar-refractivity contribution in [2.75, 3.05) is 0 Å². The van der Waals surface area contributed by atoms with Crippen molar-refractivity contribution < 1.29 is 4.79 Å². The number of carbonyl (C=O) groups excluding carboxylic acids is 1. The SMILES string of the molecule is CCCCCCCCCC[Si](C)(C)CCC=O. The molecule has 0 heterocycles. The minimum absolute atomic E-state index is 0.788. The Morgan fingerprint density at radius 3 is 1.88 bits per heavy atom. The van der Waals surface area contributed by atoms with Crippen LogP contribution in [-0.2, 0) is 4.79 Å². The molecule has 0 aromatic rings. The first-order valence-corrected chi connectivity index (χ1v) is 11.0. The Balaban J connectivity index is 3.28. The molecule has 0 rings (SSSR count). The van der Waals surface area contributed by atoms with Crippen molar-refractivity contribution >= 4 is 14.4 Å². The van der Waals surface area contributed by atoms with Gasteiger partial charge in [-0.15, -0.1) is 0 Å². The monoisotopic (exact) mass is 256 g/mol. The minimum atomic E-state index is -1.04. The smallest absolute Gasteiger partial charge is 0.119 e. The van der Waals surface area contributed by atoms with Crippen LogP contribution < -0.4 is 0 Å². The van der Waals surface area contributed by atoms with Crippen LogP contribution in [0.1, 0.15) is 64.7 Å². The summed E-state index contributed by atoms with van der Waals surface area (Å²) in [7, 11) is -1.04. The highest BCUT2D eigenvalue weighted by atomic mass is 28.3. The van der Waals surface area contributed by atoms with Gasteiger partial charge in [0.1, 0.15) is 6.29 Å². The molecule has 102 valence electrons. The van der Waals surface area contributed by atoms with Gasteiger partial charge in [0.2, 0.25) is 0 Å². The lowest BCUT2D eigenvalue weighted by atomic mass is 10.1. The summed E-state index contributed by atoms with van der Waals surface area (Å²) in [6.45, 7) is 7.13. The Hall–Kier alpha value is -0.113. The van der Waals surface area contributed by atoms with Gasteiger partial charge in [0.15, 0.2) is 0 Å². The number of rotatable bonds is 12. The van der Waals surface area contributed by atoms with Gasteiger partial charge < -0.3 is 4.79 Å². The second-order valence-electron chi connectivity index (χ2n) is 6.09. The molecule has 0 amide bonds. The fourth-order valence-electron chi connectivity index (χ4n) is 2.31. The van der Waals surface area contributed by atoms with E-state index in [-0.39, 0.29) is 0 Å². The van der Waals surface area contributed by atoms with Crippen LogP contribution in [0.4, 0.5) is 0 Å². The number of hydrogen-bond acceptors (Lipinski definition) is 1. The van der Waals surface area contributed by atoms with Crippen LogP contribution in [0.3, 0.4) is 0 Å². The van der Waals surface area contributed by atoms with E-state index in [1.807, 2.05) is 0 Å². The molecule has 0 atom stereocenters. The highest BCUT2D eigenvalue weighted by Gasteiger charge is 2.18. The molecular formula is C15H32OSi. The highest BCUT2D eigenvalue weighted by molar-refractivity contribution is 6.77. The van der Waals surface area contributed by atoms with E-state index >= 15 is 0 Å². The standard InChI is InChI=1S/C15H32OSi/c1-4-5-6-7-8-9-10-11-14-17(2,3)15-12-13-16/h13H,4-12,14-15H2,1-3H3. The van der Waals surface area contributed by atoms with Gasteiger partial charge in [-0.25, -0.2) is 0 Å². The van der Waals surface area contributed by atoms with Gasteiger partial charge >= 0.3 is 0 Å². The van der Waals surface area contributed by atoms with E-state index in [0.717, 1.165) is 12.7 Å². The van der Waals surface area contributed by atoms with E-state index in [0.29, 0.717) is 0 Å². The molecule has 0 fully saturated rings. The Bertz CT molecular complexity index is 178. The molecule has 0 N–H and O–H groups in total. The third-order valence-electron chi connectivity index (χ3n) is 3.65. The predicted octanol–water partition coefficient (Wildman–Crippen LogP) is 5.42. The number of carbonyl (C=O) groups is 1. The Kier molecular flexibility index (Phi) is 10.9. The lowest BCUT2D eigenvalue weighted by Gasteiger charge is -2.20. The van der Waals surface area contributed by atoms with Crippen LogP contribution >= 0.6 is 0 Å². The molecule has 0 aliphatic carbocycles. The van der Waals surface area contributed by atoms with Gasteiger partial charge in [0.25, 0.3) is 0 Å². The van der Waals surface area contributed by atoms with E-state index < -0.39 is 8.07 Å². The predicted molar refractivity (Wildman–Crippen MR) is 80.4 cm³/mol. The van der Waals surface area contributed by atoms with E-state index in [1.54, 1.807) is 0 Å². The van der Waals surface area contributed by atoms with E-state index in [9.17, 15) is 4.79 Å². The zero-order valence-electron chi connectivity index (χ0n) is 12.3. The van der Waals surface area contributed by atoms with Crippen molar-refractivity contribution in [2.45, 2.75) is 89.9 Å². The van der Waals surface area contributed by atoms with Crippen LogP contribution in [0.2, 0.25) is 25.2 Å². The van der Waals surface area contributed by atoms with Gasteiger partial charge in [0, 0.05) is 14.5 Å². The summed E-state index contributed by atoms with van der Waals surface area (Å²) in [4.78, 5) is 10.4. The van der Waals surface area contributed by atoms with Crippen LogP contribution in [0, 0.1) is 0 Å². The van der Waals surface area contributed by atoms with Crippen LogP contribution in [-0.4, -0.2) is 14.4 Å². The number of unbranched alkanes of at least 4 members (excludes halogenated alkanes) is 7. The van der Waals surface area contributed by atoms with Gasteiger partial charge in [-0.1, -0.05) is 83.5 Å². The van der Waals surface area contributed by atoms with Crippen LogP contribution in [0.25, 0.3) is 0 Å². The molecule has 0 saturated carbocycles. The average Bonchev–Trinajstić information content (AvgIpc) is 2.30. The molecule has 2 heteroatoms. The quantitative estimate of drug-likeness (QED) is 0.259. The minimum Gasteiger partial charge on any atom is -0.303 e. The van der Waals surface area contributed by atoms with Crippen LogP contribution in [0.5, 0.6) is 0 Å². The van der Waals surface area contributed by atoms with Crippen molar-refractivity contribution in [3.8, 4) is 0 Å². The fraction of sp³-hybridized carbons (Fsp3) is 0.933. The summed E-state index contributed by atoms with van der Waals surface area (Å²) in [6.07, 6.45) is 13.1. The average molecular weight is 257 g/mol. The van der Waals surface area contributed by atoms with Crippen molar-refractivity contribution in [3.63, 3.8) is 0 Å². The molecule has 1 nitrogen and oxygen atoms in total. The number of aldehydes is 1. The van der Waals surface area contributed by atoms with Gasteiger partial charge in [-0.05, 0) is 0 Å². The number of hydrogen-bond donors (Lipinski definition) is 0. The largest absolute Gasteiger partial charge is 0.303 e. The summed E-state index contributed by atoms with van der Waals surface area (Å²) in [5.41, 5.74) is 0. The topological polar surface area (TPSA) is 17.1 Å². The first-order chi connectivity index (χ1) is 8.12. The molecule has 0 radical (unpaired) electrons. The summed E-state index contributed by atoms with van der Waals surface area (Å²) in [5, 5.41) is 0. The molecule has 0 unspecified atom stereocenters. The molecule has 0 aliphatic heterocycles. The van der Waals surface area contributed by atoms with E-state index in [1.165, 1.54) is 63.5 Å². The van der Waals surface area contributed by atoms with Crippen molar-refractivity contribution in [1.82, 2.24) is 0 Å². The van der Waals surface area contributed by atoms with Crippen molar-refractivity contribution in [2.24, 2.45) is 0 Å². The maximum absolute atomic E-state index is 10.4. The molecule has 0 spiro atoms. The maximum Gasteiger partial charge on any atom is 0.119 e. The first-order valence-electron chi connectivity index (χ1n) is 7.56. The van der Waals surface area contributed by atoms with E-state index in [4.69, 9.17) is 0 Å². The normalized spacial score (nSPS) is 11.7. The third kappa shape index (κ3) is 12.1. The fourth-order valence-corrected chi connectivity index (χ4v) is 4.67. The lowest BCUT2D eigenvalue weighted by Crippen LogP contribution is -2.24. The lowest BCUT2D eigenvalue weighted by molar-refractivity contribution is -0.107. The zero-order valence-corrected chi connectivity index (χ0v) is 13.3. The maximum atomic E-state index is 10.4. The van der Waals surface area contributed by atoms with Crippen LogP contribution in [0.15, 0.2) is 0 Å². The van der Waals surface area contributed by atoms with Gasteiger partial charge in [0.05, 0.1) is 0 Å². The zero-order chi connectivity index (χ0) is 13.0. The Labute approximate surface area is 109 Å². The summed E-state index contributed by atoms with van der Waals surface area (Å²) >= 11 is 0. The molecule has 0 bridgehead atoms. The summed E-state index contributed by atoms with van der Waals surface area (Å²) in [6, 6.07) is 2.60.